The molecule has 2 N–H and O–H groups in total. The first-order valence-corrected chi connectivity index (χ1v) is 6.09. The summed E-state index contributed by atoms with van der Waals surface area (Å²) in [5, 5.41) is 0. The average Bonchev–Trinajstić information content (AvgIpc) is 2.79. The number of hydrogen-bond donors (Lipinski definition) is 1. The van der Waals surface area contributed by atoms with Crippen molar-refractivity contribution in [3.63, 3.8) is 0 Å². The van der Waals surface area contributed by atoms with Crippen LogP contribution in [-0.2, 0) is 0 Å². The van der Waals surface area contributed by atoms with E-state index in [-0.39, 0.29) is 6.04 Å². The molecule has 82 valence electrons. The standard InChI is InChI=1S/C14H21N/c1-2-14(10-6-7-11-14)13(15)12-8-4-3-5-9-12/h3-5,8-9,13H,2,6-7,10-11,15H2,1H3. The molecule has 1 aromatic carbocycles. The van der Waals surface area contributed by atoms with Crippen molar-refractivity contribution in [1.29, 1.82) is 0 Å². The summed E-state index contributed by atoms with van der Waals surface area (Å²) < 4.78 is 0. The summed E-state index contributed by atoms with van der Waals surface area (Å²) in [6.45, 7) is 2.29. The van der Waals surface area contributed by atoms with Gasteiger partial charge in [-0.1, -0.05) is 50.1 Å². The second-order valence-corrected chi connectivity index (χ2v) is 4.81. The predicted molar refractivity (Wildman–Crippen MR) is 64.6 cm³/mol. The second-order valence-electron chi connectivity index (χ2n) is 4.81. The van der Waals surface area contributed by atoms with Crippen molar-refractivity contribution in [2.75, 3.05) is 0 Å². The zero-order valence-electron chi connectivity index (χ0n) is 9.58. The lowest BCUT2D eigenvalue weighted by molar-refractivity contribution is 0.222. The van der Waals surface area contributed by atoms with Gasteiger partial charge in [0.1, 0.15) is 0 Å². The highest BCUT2D eigenvalue weighted by atomic mass is 14.7. The van der Waals surface area contributed by atoms with Gasteiger partial charge in [0.25, 0.3) is 0 Å². The first kappa shape index (κ1) is 10.7. The average molecular weight is 203 g/mol. The van der Waals surface area contributed by atoms with Crippen LogP contribution in [0.15, 0.2) is 30.3 Å². The van der Waals surface area contributed by atoms with Gasteiger partial charge in [-0.15, -0.1) is 0 Å². The van der Waals surface area contributed by atoms with E-state index in [1.165, 1.54) is 37.7 Å². The minimum atomic E-state index is 0.228. The smallest absolute Gasteiger partial charge is 0.0351 e. The van der Waals surface area contributed by atoms with Gasteiger partial charge in [0, 0.05) is 6.04 Å². The number of benzene rings is 1. The van der Waals surface area contributed by atoms with Crippen molar-refractivity contribution >= 4 is 0 Å². The Kier molecular flexibility index (Phi) is 3.11. The molecule has 1 heteroatoms. The van der Waals surface area contributed by atoms with Gasteiger partial charge in [0.05, 0.1) is 0 Å². The molecule has 1 aromatic rings. The fourth-order valence-corrected chi connectivity index (χ4v) is 2.98. The van der Waals surface area contributed by atoms with Crippen molar-refractivity contribution in [3.05, 3.63) is 35.9 Å². The highest BCUT2D eigenvalue weighted by molar-refractivity contribution is 5.21. The lowest BCUT2D eigenvalue weighted by Crippen LogP contribution is -2.31. The van der Waals surface area contributed by atoms with Crippen molar-refractivity contribution < 1.29 is 0 Å². The van der Waals surface area contributed by atoms with E-state index >= 15 is 0 Å². The summed E-state index contributed by atoms with van der Waals surface area (Å²) in [5.41, 5.74) is 8.13. The number of nitrogens with two attached hydrogens (primary N) is 1. The van der Waals surface area contributed by atoms with Gasteiger partial charge in [-0.3, -0.25) is 0 Å². The molecule has 1 aliphatic rings. The lowest BCUT2D eigenvalue weighted by atomic mass is 9.74. The van der Waals surface area contributed by atoms with Gasteiger partial charge in [-0.05, 0) is 30.2 Å². The van der Waals surface area contributed by atoms with E-state index in [0.29, 0.717) is 5.41 Å². The van der Waals surface area contributed by atoms with Gasteiger partial charge in [-0.2, -0.15) is 0 Å². The number of hydrogen-bond acceptors (Lipinski definition) is 1. The molecule has 0 bridgehead atoms. The van der Waals surface area contributed by atoms with Crippen LogP contribution in [0, 0.1) is 5.41 Å². The van der Waals surface area contributed by atoms with Gasteiger partial charge in [0.2, 0.25) is 0 Å². The molecular formula is C14H21N. The number of rotatable bonds is 3. The molecule has 0 aliphatic heterocycles. The second kappa shape index (κ2) is 4.36. The zero-order valence-corrected chi connectivity index (χ0v) is 9.58. The van der Waals surface area contributed by atoms with Gasteiger partial charge in [0.15, 0.2) is 0 Å². The summed E-state index contributed by atoms with van der Waals surface area (Å²) in [4.78, 5) is 0. The topological polar surface area (TPSA) is 26.0 Å². The van der Waals surface area contributed by atoms with Gasteiger partial charge < -0.3 is 5.73 Å². The van der Waals surface area contributed by atoms with Crippen LogP contribution in [0.4, 0.5) is 0 Å². The Morgan fingerprint density at radius 3 is 2.33 bits per heavy atom. The molecule has 1 fully saturated rings. The molecular weight excluding hydrogens is 182 g/mol. The first-order valence-electron chi connectivity index (χ1n) is 6.09. The summed E-state index contributed by atoms with van der Waals surface area (Å²) >= 11 is 0. The molecule has 1 unspecified atom stereocenters. The van der Waals surface area contributed by atoms with Crippen molar-refractivity contribution in [2.45, 2.75) is 45.1 Å². The van der Waals surface area contributed by atoms with Crippen LogP contribution in [0.1, 0.15) is 50.6 Å². The van der Waals surface area contributed by atoms with Crippen LogP contribution in [0.2, 0.25) is 0 Å². The maximum absolute atomic E-state index is 6.45. The molecule has 1 saturated carbocycles. The van der Waals surface area contributed by atoms with E-state index in [2.05, 4.69) is 37.3 Å². The van der Waals surface area contributed by atoms with Crippen molar-refractivity contribution in [2.24, 2.45) is 11.1 Å². The zero-order chi connectivity index (χ0) is 10.7. The molecule has 2 rings (SSSR count). The van der Waals surface area contributed by atoms with E-state index in [0.717, 1.165) is 0 Å². The van der Waals surface area contributed by atoms with Crippen LogP contribution in [-0.4, -0.2) is 0 Å². The molecule has 1 nitrogen and oxygen atoms in total. The highest BCUT2D eigenvalue weighted by Crippen LogP contribution is 2.48. The third-order valence-electron chi connectivity index (χ3n) is 4.12. The Bertz CT molecular complexity index is 298. The Hall–Kier alpha value is -0.820. The molecule has 0 saturated heterocycles. The molecule has 0 heterocycles. The Labute approximate surface area is 92.7 Å². The molecule has 1 aliphatic carbocycles. The summed E-state index contributed by atoms with van der Waals surface area (Å²) in [6, 6.07) is 10.8. The Morgan fingerprint density at radius 2 is 1.80 bits per heavy atom. The lowest BCUT2D eigenvalue weighted by Gasteiger charge is -2.34. The molecule has 0 aromatic heterocycles. The van der Waals surface area contributed by atoms with Crippen LogP contribution < -0.4 is 5.73 Å². The molecule has 0 amide bonds. The third kappa shape index (κ3) is 1.93. The fraction of sp³-hybridized carbons (Fsp3) is 0.571. The Morgan fingerprint density at radius 1 is 1.20 bits per heavy atom. The minimum absolute atomic E-state index is 0.228. The van der Waals surface area contributed by atoms with Crippen LogP contribution in [0.5, 0.6) is 0 Å². The van der Waals surface area contributed by atoms with Crippen molar-refractivity contribution in [1.82, 2.24) is 0 Å². The van der Waals surface area contributed by atoms with E-state index in [1.807, 2.05) is 0 Å². The van der Waals surface area contributed by atoms with Crippen LogP contribution in [0.25, 0.3) is 0 Å². The predicted octanol–water partition coefficient (Wildman–Crippen LogP) is 3.66. The Balaban J connectivity index is 2.22. The van der Waals surface area contributed by atoms with E-state index in [9.17, 15) is 0 Å². The summed E-state index contributed by atoms with van der Waals surface area (Å²) in [6.07, 6.45) is 6.53. The molecule has 1 atom stereocenters. The van der Waals surface area contributed by atoms with Gasteiger partial charge >= 0.3 is 0 Å². The van der Waals surface area contributed by atoms with E-state index < -0.39 is 0 Å². The SMILES string of the molecule is CCC1(C(N)c2ccccc2)CCCC1. The largest absolute Gasteiger partial charge is 0.323 e. The third-order valence-corrected chi connectivity index (χ3v) is 4.12. The monoisotopic (exact) mass is 203 g/mol. The highest BCUT2D eigenvalue weighted by Gasteiger charge is 2.38. The minimum Gasteiger partial charge on any atom is -0.323 e. The molecule has 15 heavy (non-hydrogen) atoms. The molecule has 0 spiro atoms. The fourth-order valence-electron chi connectivity index (χ4n) is 2.98. The van der Waals surface area contributed by atoms with Gasteiger partial charge in [-0.25, -0.2) is 0 Å². The maximum atomic E-state index is 6.45. The van der Waals surface area contributed by atoms with Crippen molar-refractivity contribution in [3.8, 4) is 0 Å². The summed E-state index contributed by atoms with van der Waals surface area (Å²) in [7, 11) is 0. The van der Waals surface area contributed by atoms with Crippen LogP contribution in [0.3, 0.4) is 0 Å². The first-order chi connectivity index (χ1) is 7.28. The van der Waals surface area contributed by atoms with Crippen LogP contribution >= 0.6 is 0 Å². The van der Waals surface area contributed by atoms with E-state index in [1.54, 1.807) is 0 Å². The van der Waals surface area contributed by atoms with E-state index in [4.69, 9.17) is 5.73 Å². The summed E-state index contributed by atoms with van der Waals surface area (Å²) in [5.74, 6) is 0. The molecule has 0 radical (unpaired) electrons. The normalized spacial score (nSPS) is 21.5. The maximum Gasteiger partial charge on any atom is 0.0351 e. The quantitative estimate of drug-likeness (QED) is 0.797.